The third kappa shape index (κ3) is 3.61. The van der Waals surface area contributed by atoms with E-state index in [9.17, 15) is 13.6 Å². The number of nitrogens with one attached hydrogen (secondary N) is 1. The molecule has 0 radical (unpaired) electrons. The molecule has 2 atom stereocenters. The fourth-order valence-electron chi connectivity index (χ4n) is 4.08. The van der Waals surface area contributed by atoms with Crippen LogP contribution >= 0.6 is 23.2 Å². The van der Waals surface area contributed by atoms with Gasteiger partial charge in [-0.15, -0.1) is 0 Å². The number of anilines is 2. The van der Waals surface area contributed by atoms with Gasteiger partial charge in [-0.3, -0.25) is 4.98 Å². The van der Waals surface area contributed by atoms with Crippen LogP contribution in [0, 0.1) is 11.6 Å². The minimum absolute atomic E-state index is 0.0295. The van der Waals surface area contributed by atoms with Crippen molar-refractivity contribution in [2.24, 2.45) is 0 Å². The summed E-state index contributed by atoms with van der Waals surface area (Å²) in [4.78, 5) is 20.8. The van der Waals surface area contributed by atoms with Gasteiger partial charge in [-0.25, -0.2) is 13.6 Å². The Morgan fingerprint density at radius 2 is 1.79 bits per heavy atom. The second kappa shape index (κ2) is 7.72. The molecule has 3 heterocycles. The highest BCUT2D eigenvalue weighted by molar-refractivity contribution is 6.38. The van der Waals surface area contributed by atoms with Gasteiger partial charge in [-0.1, -0.05) is 23.2 Å². The number of aromatic nitrogens is 1. The van der Waals surface area contributed by atoms with E-state index in [0.717, 1.165) is 37.1 Å². The Morgan fingerprint density at radius 3 is 2.50 bits per heavy atom. The van der Waals surface area contributed by atoms with Crippen LogP contribution in [-0.4, -0.2) is 41.1 Å². The molecule has 2 bridgehead atoms. The number of nitrogens with zero attached hydrogens (tertiary/aromatic N) is 3. The highest BCUT2D eigenvalue weighted by atomic mass is 35.5. The SMILES string of the molecule is O=C(Nc1ccc(F)c(F)c1)N1C2CCC1CN(c1c(Cl)cncc1Cl)CC2. The minimum atomic E-state index is -0.996. The van der Waals surface area contributed by atoms with Gasteiger partial charge in [0.05, 0.1) is 21.8 Å². The normalized spacial score (nSPS) is 21.6. The van der Waals surface area contributed by atoms with Crippen LogP contribution in [0.1, 0.15) is 19.3 Å². The third-order valence-electron chi connectivity index (χ3n) is 5.33. The largest absolute Gasteiger partial charge is 0.367 e. The number of rotatable bonds is 2. The van der Waals surface area contributed by atoms with Gasteiger partial charge in [0.25, 0.3) is 0 Å². The van der Waals surface area contributed by atoms with Gasteiger partial charge >= 0.3 is 6.03 Å². The number of fused-ring (bicyclic) bond motifs is 2. The predicted octanol–water partition coefficient (Wildman–Crippen LogP) is 4.94. The molecule has 2 saturated heterocycles. The van der Waals surface area contributed by atoms with E-state index >= 15 is 0 Å². The molecule has 0 aliphatic carbocycles. The van der Waals surface area contributed by atoms with E-state index < -0.39 is 11.6 Å². The second-order valence-electron chi connectivity index (χ2n) is 7.04. The number of benzene rings is 1. The molecule has 2 aromatic rings. The van der Waals surface area contributed by atoms with Crippen LogP contribution in [0.4, 0.5) is 25.0 Å². The lowest BCUT2D eigenvalue weighted by atomic mass is 10.1. The summed E-state index contributed by atoms with van der Waals surface area (Å²) in [6.07, 6.45) is 5.63. The molecule has 1 aromatic heterocycles. The number of halogens is 4. The summed E-state index contributed by atoms with van der Waals surface area (Å²) in [5, 5.41) is 3.64. The van der Waals surface area contributed by atoms with E-state index in [-0.39, 0.29) is 23.8 Å². The highest BCUT2D eigenvalue weighted by Crippen LogP contribution is 2.38. The van der Waals surface area contributed by atoms with Crippen LogP contribution in [0.15, 0.2) is 30.6 Å². The number of pyridine rings is 1. The number of urea groups is 1. The standard InChI is InChI=1S/C19H18Cl2F2N4O/c20-14-8-24-9-15(21)18(14)26-6-5-12-2-3-13(10-26)27(12)19(28)25-11-1-4-16(22)17(23)7-11/h1,4,7-9,12-13H,2-3,5-6,10H2,(H,25,28). The molecule has 9 heteroatoms. The molecule has 148 valence electrons. The molecule has 0 saturated carbocycles. The molecule has 2 aliphatic rings. The van der Waals surface area contributed by atoms with E-state index in [2.05, 4.69) is 15.2 Å². The van der Waals surface area contributed by atoms with Crippen molar-refractivity contribution in [3.05, 3.63) is 52.3 Å². The quantitative estimate of drug-likeness (QED) is 0.739. The minimum Gasteiger partial charge on any atom is -0.367 e. The van der Waals surface area contributed by atoms with Crippen LogP contribution in [-0.2, 0) is 0 Å². The molecular weight excluding hydrogens is 409 g/mol. The summed E-state index contributed by atoms with van der Waals surface area (Å²) in [5.74, 6) is -1.95. The number of carbonyl (C=O) groups excluding carboxylic acids is 1. The second-order valence-corrected chi connectivity index (χ2v) is 7.85. The van der Waals surface area contributed by atoms with Crippen molar-refractivity contribution in [1.82, 2.24) is 9.88 Å². The molecule has 0 spiro atoms. The molecule has 28 heavy (non-hydrogen) atoms. The summed E-state index contributed by atoms with van der Waals surface area (Å²) < 4.78 is 26.6. The van der Waals surface area contributed by atoms with Crippen molar-refractivity contribution >= 4 is 40.6 Å². The van der Waals surface area contributed by atoms with E-state index in [4.69, 9.17) is 23.2 Å². The zero-order chi connectivity index (χ0) is 19.8. The Bertz CT molecular complexity index is 893. The first-order chi connectivity index (χ1) is 13.4. The van der Waals surface area contributed by atoms with Crippen molar-refractivity contribution in [2.45, 2.75) is 31.3 Å². The van der Waals surface area contributed by atoms with Crippen LogP contribution in [0.2, 0.25) is 10.0 Å². The molecule has 2 unspecified atom stereocenters. The van der Waals surface area contributed by atoms with Gasteiger partial charge in [-0.05, 0) is 31.4 Å². The van der Waals surface area contributed by atoms with Crippen molar-refractivity contribution in [3.8, 4) is 0 Å². The summed E-state index contributed by atoms with van der Waals surface area (Å²) in [6, 6.07) is 3.05. The topological polar surface area (TPSA) is 48.5 Å². The van der Waals surface area contributed by atoms with Gasteiger partial charge in [0.15, 0.2) is 11.6 Å². The maximum absolute atomic E-state index is 13.4. The fourth-order valence-corrected chi connectivity index (χ4v) is 4.68. The predicted molar refractivity (Wildman–Crippen MR) is 105 cm³/mol. The molecule has 1 aromatic carbocycles. The number of hydrogen-bond acceptors (Lipinski definition) is 3. The third-order valence-corrected chi connectivity index (χ3v) is 5.89. The summed E-state index contributed by atoms with van der Waals surface area (Å²) >= 11 is 12.6. The zero-order valence-corrected chi connectivity index (χ0v) is 16.4. The Kier molecular flexibility index (Phi) is 5.29. The van der Waals surface area contributed by atoms with Crippen LogP contribution < -0.4 is 10.2 Å². The summed E-state index contributed by atoms with van der Waals surface area (Å²) in [7, 11) is 0. The van der Waals surface area contributed by atoms with E-state index in [1.54, 1.807) is 12.4 Å². The van der Waals surface area contributed by atoms with Gasteiger partial charge in [0, 0.05) is 43.3 Å². The number of carbonyl (C=O) groups is 1. The smallest absolute Gasteiger partial charge is 0.322 e. The Labute approximate surface area is 171 Å². The van der Waals surface area contributed by atoms with Crippen LogP contribution in [0.25, 0.3) is 0 Å². The maximum atomic E-state index is 13.4. The molecule has 4 rings (SSSR count). The fraction of sp³-hybridized carbons (Fsp3) is 0.368. The van der Waals surface area contributed by atoms with Crippen molar-refractivity contribution in [1.29, 1.82) is 0 Å². The summed E-state index contributed by atoms with van der Waals surface area (Å²) in [6.45, 7) is 1.30. The van der Waals surface area contributed by atoms with E-state index in [1.165, 1.54) is 6.07 Å². The van der Waals surface area contributed by atoms with E-state index in [0.29, 0.717) is 23.1 Å². The lowest BCUT2D eigenvalue weighted by Crippen LogP contribution is -2.45. The van der Waals surface area contributed by atoms with Gasteiger partial charge in [-0.2, -0.15) is 0 Å². The number of hydrogen-bond donors (Lipinski definition) is 1. The Balaban J connectivity index is 1.53. The average molecular weight is 427 g/mol. The highest BCUT2D eigenvalue weighted by Gasteiger charge is 2.40. The molecule has 1 N–H and O–H groups in total. The average Bonchev–Trinajstić information content (AvgIpc) is 2.94. The first-order valence-corrected chi connectivity index (χ1v) is 9.78. The Hall–Kier alpha value is -2.12. The van der Waals surface area contributed by atoms with E-state index in [1.807, 2.05) is 4.90 Å². The molecule has 5 nitrogen and oxygen atoms in total. The number of amides is 2. The lowest BCUT2D eigenvalue weighted by Gasteiger charge is -2.30. The van der Waals surface area contributed by atoms with Crippen LogP contribution in [0.5, 0.6) is 0 Å². The lowest BCUT2D eigenvalue weighted by molar-refractivity contribution is 0.190. The van der Waals surface area contributed by atoms with Gasteiger partial charge in [0.2, 0.25) is 0 Å². The van der Waals surface area contributed by atoms with Crippen LogP contribution in [0.3, 0.4) is 0 Å². The first kappa shape index (κ1) is 19.2. The Morgan fingerprint density at radius 1 is 1.07 bits per heavy atom. The molecular formula is C19H18Cl2F2N4O. The maximum Gasteiger partial charge on any atom is 0.322 e. The van der Waals surface area contributed by atoms with Gasteiger partial charge in [0.1, 0.15) is 0 Å². The summed E-state index contributed by atoms with van der Waals surface area (Å²) in [5.41, 5.74) is 0.955. The first-order valence-electron chi connectivity index (χ1n) is 9.02. The van der Waals surface area contributed by atoms with Gasteiger partial charge < -0.3 is 15.1 Å². The molecule has 2 fully saturated rings. The molecule has 2 amide bonds. The zero-order valence-electron chi connectivity index (χ0n) is 14.8. The molecule has 2 aliphatic heterocycles. The monoisotopic (exact) mass is 426 g/mol. The van der Waals surface area contributed by atoms with Crippen molar-refractivity contribution < 1.29 is 13.6 Å². The van der Waals surface area contributed by atoms with Crippen molar-refractivity contribution in [3.63, 3.8) is 0 Å². The van der Waals surface area contributed by atoms with Crippen molar-refractivity contribution in [2.75, 3.05) is 23.3 Å².